The normalized spacial score (nSPS) is 19.1. The first-order chi connectivity index (χ1) is 9.22. The molecule has 1 aliphatic heterocycles. The van der Waals surface area contributed by atoms with Gasteiger partial charge in [-0.25, -0.2) is 4.39 Å². The van der Waals surface area contributed by atoms with Gasteiger partial charge < -0.3 is 10.3 Å². The van der Waals surface area contributed by atoms with Gasteiger partial charge in [0.15, 0.2) is 5.43 Å². The highest BCUT2D eigenvalue weighted by Gasteiger charge is 2.14. The number of hydrogen-bond acceptors (Lipinski definition) is 3. The third-order valence-corrected chi connectivity index (χ3v) is 4.52. The molecule has 0 saturated carbocycles. The van der Waals surface area contributed by atoms with Crippen molar-refractivity contribution < 1.29 is 4.39 Å². The Morgan fingerprint density at radius 1 is 1.42 bits per heavy atom. The third kappa shape index (κ3) is 2.82. The molecule has 0 spiro atoms. The van der Waals surface area contributed by atoms with Crippen LogP contribution >= 0.6 is 11.8 Å². The van der Waals surface area contributed by atoms with Crippen LogP contribution in [-0.4, -0.2) is 22.5 Å². The average Bonchev–Trinajstić information content (AvgIpc) is 2.90. The van der Waals surface area contributed by atoms with Crippen molar-refractivity contribution in [2.45, 2.75) is 19.0 Å². The minimum absolute atomic E-state index is 0.133. The van der Waals surface area contributed by atoms with Gasteiger partial charge in [-0.1, -0.05) is 0 Å². The second-order valence-corrected chi connectivity index (χ2v) is 5.94. The molecule has 1 aromatic heterocycles. The van der Waals surface area contributed by atoms with Gasteiger partial charge in [0.25, 0.3) is 0 Å². The van der Waals surface area contributed by atoms with E-state index in [1.54, 1.807) is 12.1 Å². The van der Waals surface area contributed by atoms with Gasteiger partial charge in [-0.3, -0.25) is 4.79 Å². The van der Waals surface area contributed by atoms with E-state index in [-0.39, 0.29) is 11.2 Å². The number of hydrogen-bond donors (Lipinski definition) is 2. The molecule has 3 rings (SSSR count). The number of benzene rings is 1. The van der Waals surface area contributed by atoms with E-state index in [1.165, 1.54) is 24.3 Å². The van der Waals surface area contributed by atoms with Crippen molar-refractivity contribution >= 4 is 22.7 Å². The number of aromatic nitrogens is 1. The van der Waals surface area contributed by atoms with Gasteiger partial charge in [0.1, 0.15) is 5.82 Å². The third-order valence-electron chi connectivity index (χ3n) is 3.36. The predicted octanol–water partition coefficient (Wildman–Crippen LogP) is 2.26. The van der Waals surface area contributed by atoms with Gasteiger partial charge in [-0.05, 0) is 30.4 Å². The number of pyridine rings is 1. The summed E-state index contributed by atoms with van der Waals surface area (Å²) < 4.78 is 13.1. The zero-order chi connectivity index (χ0) is 13.2. The van der Waals surface area contributed by atoms with Gasteiger partial charge in [0.05, 0.1) is 0 Å². The molecule has 100 valence electrons. The lowest BCUT2D eigenvalue weighted by atomic mass is 10.2. The molecule has 0 unspecified atom stereocenters. The molecular formula is C14H15FN2OS. The summed E-state index contributed by atoms with van der Waals surface area (Å²) in [7, 11) is 0. The maximum atomic E-state index is 13.1. The molecule has 1 atom stereocenters. The molecule has 19 heavy (non-hydrogen) atoms. The monoisotopic (exact) mass is 278 g/mol. The number of nitrogens with one attached hydrogen (secondary N) is 2. The summed E-state index contributed by atoms with van der Waals surface area (Å²) in [6.45, 7) is 0.647. The molecule has 1 saturated heterocycles. The Balaban J connectivity index is 1.84. The number of H-pyrrole nitrogens is 1. The number of rotatable bonds is 3. The molecule has 0 aliphatic carbocycles. The summed E-state index contributed by atoms with van der Waals surface area (Å²) in [4.78, 5) is 15.1. The van der Waals surface area contributed by atoms with Crippen LogP contribution in [0.5, 0.6) is 0 Å². The van der Waals surface area contributed by atoms with Crippen molar-refractivity contribution in [3.63, 3.8) is 0 Å². The second kappa shape index (κ2) is 5.35. The molecule has 1 aliphatic rings. The molecule has 1 fully saturated rings. The Labute approximate surface area is 114 Å². The fourth-order valence-corrected chi connectivity index (χ4v) is 3.51. The molecule has 2 N–H and O–H groups in total. The van der Waals surface area contributed by atoms with E-state index in [2.05, 4.69) is 10.3 Å². The van der Waals surface area contributed by atoms with Crippen LogP contribution in [0.2, 0.25) is 0 Å². The van der Waals surface area contributed by atoms with Crippen LogP contribution in [0.1, 0.15) is 12.1 Å². The lowest BCUT2D eigenvalue weighted by Crippen LogP contribution is -2.28. The van der Waals surface area contributed by atoms with E-state index in [9.17, 15) is 9.18 Å². The van der Waals surface area contributed by atoms with Gasteiger partial charge in [-0.2, -0.15) is 11.8 Å². The Bertz CT molecular complexity index is 649. The van der Waals surface area contributed by atoms with Crippen molar-refractivity contribution in [1.82, 2.24) is 10.3 Å². The first-order valence-corrected chi connectivity index (χ1v) is 7.50. The number of aromatic amines is 1. The largest absolute Gasteiger partial charge is 0.357 e. The van der Waals surface area contributed by atoms with Crippen molar-refractivity contribution in [2.75, 3.05) is 11.5 Å². The Morgan fingerprint density at radius 3 is 3.11 bits per heavy atom. The SMILES string of the molecule is O=c1cc(CN[C@@H]2CCSC2)[nH]c2ccc(F)cc12. The minimum atomic E-state index is -0.383. The Kier molecular flexibility index (Phi) is 3.57. The fourth-order valence-electron chi connectivity index (χ4n) is 2.32. The molecule has 2 aromatic rings. The molecule has 0 amide bonds. The van der Waals surface area contributed by atoms with Crippen molar-refractivity contribution in [1.29, 1.82) is 0 Å². The smallest absolute Gasteiger partial charge is 0.189 e. The molecule has 3 nitrogen and oxygen atoms in total. The van der Waals surface area contributed by atoms with E-state index < -0.39 is 0 Å². The second-order valence-electron chi connectivity index (χ2n) is 4.79. The zero-order valence-electron chi connectivity index (χ0n) is 10.4. The number of thioether (sulfide) groups is 1. The van der Waals surface area contributed by atoms with Gasteiger partial charge in [0, 0.05) is 41.0 Å². The summed E-state index contributed by atoms with van der Waals surface area (Å²) in [5.74, 6) is 1.95. The standard InChI is InChI=1S/C14H15FN2OS/c15-9-1-2-13-12(5-9)14(18)6-11(17-13)7-16-10-3-4-19-8-10/h1-2,5-6,10,16H,3-4,7-8H2,(H,17,18)/t10-/m1/s1. The van der Waals surface area contributed by atoms with E-state index in [0.29, 0.717) is 23.5 Å². The molecule has 5 heteroatoms. The van der Waals surface area contributed by atoms with Crippen LogP contribution in [0.3, 0.4) is 0 Å². The summed E-state index contributed by atoms with van der Waals surface area (Å²) in [5.41, 5.74) is 1.40. The molecule has 0 bridgehead atoms. The van der Waals surface area contributed by atoms with E-state index >= 15 is 0 Å². The molecule has 2 heterocycles. The van der Waals surface area contributed by atoms with Crippen LogP contribution in [0.4, 0.5) is 4.39 Å². The van der Waals surface area contributed by atoms with E-state index in [0.717, 1.165) is 11.4 Å². The number of halogens is 1. The zero-order valence-corrected chi connectivity index (χ0v) is 11.2. The van der Waals surface area contributed by atoms with Crippen molar-refractivity contribution in [3.05, 3.63) is 46.0 Å². The van der Waals surface area contributed by atoms with Crippen molar-refractivity contribution in [2.24, 2.45) is 0 Å². The van der Waals surface area contributed by atoms with E-state index in [1.807, 2.05) is 11.8 Å². The lowest BCUT2D eigenvalue weighted by molar-refractivity contribution is 0.552. The Morgan fingerprint density at radius 2 is 2.32 bits per heavy atom. The molecule has 1 aromatic carbocycles. The van der Waals surface area contributed by atoms with Crippen LogP contribution in [-0.2, 0) is 6.54 Å². The van der Waals surface area contributed by atoms with Crippen molar-refractivity contribution in [3.8, 4) is 0 Å². The lowest BCUT2D eigenvalue weighted by Gasteiger charge is -2.11. The highest BCUT2D eigenvalue weighted by molar-refractivity contribution is 7.99. The van der Waals surface area contributed by atoms with E-state index in [4.69, 9.17) is 0 Å². The summed E-state index contributed by atoms with van der Waals surface area (Å²) in [6, 6.07) is 6.33. The molecular weight excluding hydrogens is 263 g/mol. The molecule has 0 radical (unpaired) electrons. The average molecular weight is 278 g/mol. The van der Waals surface area contributed by atoms with Crippen LogP contribution < -0.4 is 10.7 Å². The quantitative estimate of drug-likeness (QED) is 0.905. The maximum absolute atomic E-state index is 13.1. The summed E-state index contributed by atoms with van der Waals surface area (Å²) in [6.07, 6.45) is 1.17. The maximum Gasteiger partial charge on any atom is 0.189 e. The first kappa shape index (κ1) is 12.7. The number of fused-ring (bicyclic) bond motifs is 1. The van der Waals surface area contributed by atoms with Gasteiger partial charge >= 0.3 is 0 Å². The van der Waals surface area contributed by atoms with Gasteiger partial charge in [-0.15, -0.1) is 0 Å². The van der Waals surface area contributed by atoms with Crippen LogP contribution in [0.25, 0.3) is 10.9 Å². The highest BCUT2D eigenvalue weighted by Crippen LogP contribution is 2.17. The predicted molar refractivity (Wildman–Crippen MR) is 77.1 cm³/mol. The van der Waals surface area contributed by atoms with Gasteiger partial charge in [0.2, 0.25) is 0 Å². The fraction of sp³-hybridized carbons (Fsp3) is 0.357. The highest BCUT2D eigenvalue weighted by atomic mass is 32.2. The summed E-state index contributed by atoms with van der Waals surface area (Å²) in [5, 5.41) is 3.84. The Hall–Kier alpha value is -1.33. The topological polar surface area (TPSA) is 44.9 Å². The van der Waals surface area contributed by atoms with Crippen LogP contribution in [0, 0.1) is 5.82 Å². The summed E-state index contributed by atoms with van der Waals surface area (Å²) >= 11 is 1.95. The first-order valence-electron chi connectivity index (χ1n) is 6.35. The minimum Gasteiger partial charge on any atom is -0.357 e. The van der Waals surface area contributed by atoms with Crippen LogP contribution in [0.15, 0.2) is 29.1 Å².